The monoisotopic (exact) mass is 392 g/mol. The zero-order valence-corrected chi connectivity index (χ0v) is 16.7. The number of imide groups is 1. The Hall–Kier alpha value is -3.28. The Bertz CT molecular complexity index is 959. The maximum Gasteiger partial charge on any atom is 0.282 e. The van der Waals surface area contributed by atoms with Gasteiger partial charge in [0.1, 0.15) is 17.2 Å². The van der Waals surface area contributed by atoms with Crippen LogP contribution in [0.15, 0.2) is 54.2 Å². The van der Waals surface area contributed by atoms with Crippen LogP contribution in [-0.4, -0.2) is 43.5 Å². The van der Waals surface area contributed by atoms with E-state index in [0.29, 0.717) is 40.6 Å². The number of ether oxygens (including phenoxy) is 2. The molecule has 2 aromatic rings. The van der Waals surface area contributed by atoms with Gasteiger partial charge in [-0.3, -0.25) is 9.59 Å². The second-order valence-electron chi connectivity index (χ2n) is 6.99. The minimum atomic E-state index is -0.328. The number of amides is 2. The third-order valence-corrected chi connectivity index (χ3v) is 5.26. The summed E-state index contributed by atoms with van der Waals surface area (Å²) in [5.41, 5.74) is 2.04. The standard InChI is InChI=1S/C23H24N2O4/c1-3-29-17-12-10-16(11-13-17)25-22(26)20(18-8-4-5-9-19(18)28-2)21(23(25)27)24-14-6-7-15-24/h4-5,8-13H,3,6-7,14-15H2,1-2H3. The lowest BCUT2D eigenvalue weighted by Crippen LogP contribution is -2.34. The minimum Gasteiger partial charge on any atom is -0.496 e. The Balaban J connectivity index is 1.79. The molecule has 0 aromatic heterocycles. The van der Waals surface area contributed by atoms with Crippen LogP contribution in [0.1, 0.15) is 25.3 Å². The summed E-state index contributed by atoms with van der Waals surface area (Å²) < 4.78 is 11.0. The summed E-state index contributed by atoms with van der Waals surface area (Å²) in [4.78, 5) is 30.2. The summed E-state index contributed by atoms with van der Waals surface area (Å²) in [6, 6.07) is 14.4. The van der Waals surface area contributed by atoms with E-state index in [1.54, 1.807) is 37.4 Å². The maximum absolute atomic E-state index is 13.5. The van der Waals surface area contributed by atoms with E-state index in [2.05, 4.69) is 0 Å². The third kappa shape index (κ3) is 3.35. The van der Waals surface area contributed by atoms with Gasteiger partial charge in [-0.05, 0) is 50.1 Å². The zero-order valence-electron chi connectivity index (χ0n) is 16.7. The summed E-state index contributed by atoms with van der Waals surface area (Å²) in [6.45, 7) is 4.00. The van der Waals surface area contributed by atoms with Gasteiger partial charge in [0.25, 0.3) is 11.8 Å². The fourth-order valence-corrected chi connectivity index (χ4v) is 3.94. The lowest BCUT2D eigenvalue weighted by atomic mass is 10.0. The second kappa shape index (κ2) is 7.99. The number of likely N-dealkylation sites (tertiary alicyclic amines) is 1. The van der Waals surface area contributed by atoms with Crippen molar-refractivity contribution < 1.29 is 19.1 Å². The van der Waals surface area contributed by atoms with Crippen molar-refractivity contribution in [1.29, 1.82) is 0 Å². The smallest absolute Gasteiger partial charge is 0.282 e. The van der Waals surface area contributed by atoms with Gasteiger partial charge in [0, 0.05) is 18.7 Å². The number of benzene rings is 2. The number of hydrogen-bond donors (Lipinski definition) is 0. The molecule has 0 atom stereocenters. The zero-order chi connectivity index (χ0) is 20.4. The normalized spacial score (nSPS) is 16.8. The molecule has 6 nitrogen and oxygen atoms in total. The number of hydrogen-bond acceptors (Lipinski definition) is 5. The van der Waals surface area contributed by atoms with E-state index in [-0.39, 0.29) is 11.8 Å². The van der Waals surface area contributed by atoms with Crippen LogP contribution in [0.3, 0.4) is 0 Å². The Labute approximate surface area is 170 Å². The fraction of sp³-hybridized carbons (Fsp3) is 0.304. The van der Waals surface area contributed by atoms with Crippen molar-refractivity contribution in [3.8, 4) is 11.5 Å². The molecule has 2 aromatic carbocycles. The lowest BCUT2D eigenvalue weighted by Gasteiger charge is -2.20. The van der Waals surface area contributed by atoms with Crippen molar-refractivity contribution in [2.75, 3.05) is 31.7 Å². The molecular formula is C23H24N2O4. The van der Waals surface area contributed by atoms with E-state index in [0.717, 1.165) is 25.9 Å². The number of rotatable bonds is 6. The fourth-order valence-electron chi connectivity index (χ4n) is 3.94. The largest absolute Gasteiger partial charge is 0.496 e. The van der Waals surface area contributed by atoms with Gasteiger partial charge < -0.3 is 14.4 Å². The average molecular weight is 392 g/mol. The van der Waals surface area contributed by atoms with Crippen LogP contribution in [0.4, 0.5) is 5.69 Å². The van der Waals surface area contributed by atoms with Crippen molar-refractivity contribution in [1.82, 2.24) is 4.90 Å². The summed E-state index contributed by atoms with van der Waals surface area (Å²) in [5, 5.41) is 0. The Morgan fingerprint density at radius 1 is 0.931 bits per heavy atom. The molecule has 6 heteroatoms. The van der Waals surface area contributed by atoms with Gasteiger partial charge in [-0.25, -0.2) is 4.90 Å². The maximum atomic E-state index is 13.5. The number of anilines is 1. The van der Waals surface area contributed by atoms with Crippen LogP contribution < -0.4 is 14.4 Å². The third-order valence-electron chi connectivity index (χ3n) is 5.26. The van der Waals surface area contributed by atoms with Gasteiger partial charge in [-0.2, -0.15) is 0 Å². The van der Waals surface area contributed by atoms with Crippen LogP contribution in [0.5, 0.6) is 11.5 Å². The number of para-hydroxylation sites is 1. The number of methoxy groups -OCH3 is 1. The lowest BCUT2D eigenvalue weighted by molar-refractivity contribution is -0.120. The molecule has 29 heavy (non-hydrogen) atoms. The highest BCUT2D eigenvalue weighted by molar-refractivity contribution is 6.45. The molecule has 2 aliphatic rings. The van der Waals surface area contributed by atoms with E-state index in [1.807, 2.05) is 30.0 Å². The molecule has 1 fully saturated rings. The Kier molecular flexibility index (Phi) is 5.25. The van der Waals surface area contributed by atoms with E-state index < -0.39 is 0 Å². The van der Waals surface area contributed by atoms with E-state index in [9.17, 15) is 9.59 Å². The van der Waals surface area contributed by atoms with Crippen molar-refractivity contribution in [2.24, 2.45) is 0 Å². The highest BCUT2D eigenvalue weighted by Crippen LogP contribution is 2.39. The molecule has 0 bridgehead atoms. The molecule has 0 unspecified atom stereocenters. The first-order valence-corrected chi connectivity index (χ1v) is 9.90. The van der Waals surface area contributed by atoms with Crippen LogP contribution in [0, 0.1) is 0 Å². The van der Waals surface area contributed by atoms with Gasteiger partial charge in [0.15, 0.2) is 0 Å². The summed E-state index contributed by atoms with van der Waals surface area (Å²) >= 11 is 0. The van der Waals surface area contributed by atoms with Crippen molar-refractivity contribution in [3.05, 3.63) is 59.8 Å². The molecule has 2 aliphatic heterocycles. The molecule has 1 saturated heterocycles. The molecular weight excluding hydrogens is 368 g/mol. The van der Waals surface area contributed by atoms with Crippen LogP contribution in [-0.2, 0) is 9.59 Å². The first-order valence-electron chi connectivity index (χ1n) is 9.90. The highest BCUT2D eigenvalue weighted by atomic mass is 16.5. The Morgan fingerprint density at radius 2 is 1.62 bits per heavy atom. The van der Waals surface area contributed by atoms with Gasteiger partial charge in [0.2, 0.25) is 0 Å². The second-order valence-corrected chi connectivity index (χ2v) is 6.99. The molecule has 4 rings (SSSR count). The summed E-state index contributed by atoms with van der Waals surface area (Å²) in [7, 11) is 1.57. The Morgan fingerprint density at radius 3 is 2.28 bits per heavy atom. The van der Waals surface area contributed by atoms with Crippen molar-refractivity contribution in [3.63, 3.8) is 0 Å². The van der Waals surface area contributed by atoms with E-state index in [1.165, 1.54) is 4.90 Å². The topological polar surface area (TPSA) is 59.1 Å². The van der Waals surface area contributed by atoms with Crippen molar-refractivity contribution in [2.45, 2.75) is 19.8 Å². The number of carbonyl (C=O) groups is 2. The van der Waals surface area contributed by atoms with Crippen molar-refractivity contribution >= 4 is 23.1 Å². The predicted octanol–water partition coefficient (Wildman–Crippen LogP) is 3.47. The summed E-state index contributed by atoms with van der Waals surface area (Å²) in [5.74, 6) is 0.662. The average Bonchev–Trinajstić information content (AvgIpc) is 3.35. The highest BCUT2D eigenvalue weighted by Gasteiger charge is 2.43. The molecule has 2 heterocycles. The first kappa shape index (κ1) is 19.1. The number of nitrogens with zero attached hydrogens (tertiary/aromatic N) is 2. The molecule has 2 amide bonds. The molecule has 0 saturated carbocycles. The van der Waals surface area contributed by atoms with Crippen LogP contribution in [0.25, 0.3) is 5.57 Å². The quantitative estimate of drug-likeness (QED) is 0.705. The first-order chi connectivity index (χ1) is 14.2. The molecule has 0 spiro atoms. The SMILES string of the molecule is CCOc1ccc(N2C(=O)C(c3ccccc3OC)=C(N3CCCC3)C2=O)cc1. The van der Waals surface area contributed by atoms with E-state index >= 15 is 0 Å². The molecule has 150 valence electrons. The molecule has 0 radical (unpaired) electrons. The van der Waals surface area contributed by atoms with Gasteiger partial charge in [-0.1, -0.05) is 18.2 Å². The molecule has 0 aliphatic carbocycles. The predicted molar refractivity (Wildman–Crippen MR) is 111 cm³/mol. The van der Waals surface area contributed by atoms with Crippen LogP contribution >= 0.6 is 0 Å². The number of carbonyl (C=O) groups excluding carboxylic acids is 2. The summed E-state index contributed by atoms with van der Waals surface area (Å²) in [6.07, 6.45) is 2.01. The van der Waals surface area contributed by atoms with Gasteiger partial charge >= 0.3 is 0 Å². The van der Waals surface area contributed by atoms with Crippen LogP contribution in [0.2, 0.25) is 0 Å². The van der Waals surface area contributed by atoms with Gasteiger partial charge in [0.05, 0.1) is 25.0 Å². The van der Waals surface area contributed by atoms with Gasteiger partial charge in [-0.15, -0.1) is 0 Å². The minimum absolute atomic E-state index is 0.290. The molecule has 0 N–H and O–H groups in total. The van der Waals surface area contributed by atoms with E-state index in [4.69, 9.17) is 9.47 Å².